The highest BCUT2D eigenvalue weighted by molar-refractivity contribution is 7.11. The fraction of sp³-hybridized carbons (Fsp3) is 0. The minimum Gasteiger partial charge on any atom is -0.320 e. The lowest BCUT2D eigenvalue weighted by atomic mass is 10.2. The van der Waals surface area contributed by atoms with Crippen LogP contribution in [0.15, 0.2) is 35.8 Å². The molecule has 0 unspecified atom stereocenters. The van der Waals surface area contributed by atoms with Gasteiger partial charge >= 0.3 is 0 Å². The van der Waals surface area contributed by atoms with Crippen LogP contribution >= 0.6 is 11.3 Å². The normalized spacial score (nSPS) is 9.44. The Bertz CT molecular complexity index is 525. The van der Waals surface area contributed by atoms with E-state index in [2.05, 4.69) is 10.3 Å². The number of aromatic nitrogens is 1. The number of nitriles is 1. The van der Waals surface area contributed by atoms with E-state index in [4.69, 9.17) is 5.26 Å². The Kier molecular flexibility index (Phi) is 2.94. The minimum atomic E-state index is -0.236. The number of amides is 1. The first kappa shape index (κ1) is 10.3. The summed E-state index contributed by atoms with van der Waals surface area (Å²) in [7, 11) is 0. The van der Waals surface area contributed by atoms with Crippen LogP contribution in [0.25, 0.3) is 0 Å². The van der Waals surface area contributed by atoms with Crippen LogP contribution in [0.1, 0.15) is 15.4 Å². The molecule has 0 saturated carbocycles. The van der Waals surface area contributed by atoms with Gasteiger partial charge in [0.05, 0.1) is 11.6 Å². The first-order valence-electron chi connectivity index (χ1n) is 4.50. The Hall–Kier alpha value is -2.19. The molecular formula is C11H7N3OS. The van der Waals surface area contributed by atoms with Gasteiger partial charge in [0.15, 0.2) is 5.01 Å². The molecule has 0 radical (unpaired) electrons. The average Bonchev–Trinajstić information content (AvgIpc) is 2.83. The molecule has 2 aromatic rings. The molecule has 0 aliphatic carbocycles. The van der Waals surface area contributed by atoms with E-state index < -0.39 is 0 Å². The van der Waals surface area contributed by atoms with Gasteiger partial charge < -0.3 is 5.32 Å². The quantitative estimate of drug-likeness (QED) is 0.859. The van der Waals surface area contributed by atoms with Crippen LogP contribution in [0.3, 0.4) is 0 Å². The summed E-state index contributed by atoms with van der Waals surface area (Å²) < 4.78 is 0. The zero-order chi connectivity index (χ0) is 11.4. The van der Waals surface area contributed by atoms with Crippen molar-refractivity contribution < 1.29 is 4.79 Å². The van der Waals surface area contributed by atoms with E-state index in [-0.39, 0.29) is 5.91 Å². The summed E-state index contributed by atoms with van der Waals surface area (Å²) >= 11 is 1.28. The van der Waals surface area contributed by atoms with Gasteiger partial charge in [-0.2, -0.15) is 5.26 Å². The third kappa shape index (κ3) is 2.24. The lowest BCUT2D eigenvalue weighted by molar-refractivity contribution is 0.102. The lowest BCUT2D eigenvalue weighted by Crippen LogP contribution is -2.11. The third-order valence-corrected chi connectivity index (χ3v) is 2.67. The second-order valence-corrected chi connectivity index (χ2v) is 3.88. The van der Waals surface area contributed by atoms with Gasteiger partial charge in [-0.1, -0.05) is 0 Å². The predicted octanol–water partition coefficient (Wildman–Crippen LogP) is 2.27. The number of hydrogen-bond acceptors (Lipinski definition) is 4. The number of anilines is 1. The fourth-order valence-corrected chi connectivity index (χ4v) is 1.68. The molecule has 1 amide bonds. The number of carbonyl (C=O) groups is 1. The van der Waals surface area contributed by atoms with Crippen LogP contribution in [0.2, 0.25) is 0 Å². The number of hydrogen-bond donors (Lipinski definition) is 1. The maximum atomic E-state index is 11.6. The average molecular weight is 229 g/mol. The molecule has 1 N–H and O–H groups in total. The minimum absolute atomic E-state index is 0.236. The molecule has 0 atom stereocenters. The standard InChI is InChI=1S/C11H7N3OS/c12-7-8-1-3-9(4-2-8)14-10(15)11-13-5-6-16-11/h1-6H,(H,14,15). The van der Waals surface area contributed by atoms with E-state index in [1.807, 2.05) is 6.07 Å². The topological polar surface area (TPSA) is 65.8 Å². The van der Waals surface area contributed by atoms with Crippen LogP contribution in [0, 0.1) is 11.3 Å². The van der Waals surface area contributed by atoms with E-state index in [0.29, 0.717) is 16.3 Å². The van der Waals surface area contributed by atoms with Crippen molar-refractivity contribution in [3.63, 3.8) is 0 Å². The van der Waals surface area contributed by atoms with Crippen LogP contribution < -0.4 is 5.32 Å². The number of nitrogens with one attached hydrogen (secondary N) is 1. The van der Waals surface area contributed by atoms with E-state index in [0.717, 1.165) is 0 Å². The largest absolute Gasteiger partial charge is 0.320 e. The first-order chi connectivity index (χ1) is 7.79. The van der Waals surface area contributed by atoms with E-state index >= 15 is 0 Å². The van der Waals surface area contributed by atoms with Gasteiger partial charge in [-0.05, 0) is 24.3 Å². The van der Waals surface area contributed by atoms with Crippen molar-refractivity contribution in [3.8, 4) is 6.07 Å². The SMILES string of the molecule is N#Cc1ccc(NC(=O)c2nccs2)cc1. The summed E-state index contributed by atoms with van der Waals surface area (Å²) in [6.45, 7) is 0. The molecule has 2 rings (SSSR count). The molecular weight excluding hydrogens is 222 g/mol. The highest BCUT2D eigenvalue weighted by Crippen LogP contribution is 2.11. The summed E-state index contributed by atoms with van der Waals surface area (Å²) in [6, 6.07) is 8.68. The van der Waals surface area contributed by atoms with Crippen molar-refractivity contribution >= 4 is 22.9 Å². The second-order valence-electron chi connectivity index (χ2n) is 2.98. The number of nitrogens with zero attached hydrogens (tertiary/aromatic N) is 2. The van der Waals surface area contributed by atoms with E-state index in [9.17, 15) is 4.79 Å². The first-order valence-corrected chi connectivity index (χ1v) is 5.38. The highest BCUT2D eigenvalue weighted by Gasteiger charge is 2.07. The van der Waals surface area contributed by atoms with Crippen molar-refractivity contribution in [2.75, 3.05) is 5.32 Å². The Morgan fingerprint density at radius 3 is 2.69 bits per heavy atom. The molecule has 0 fully saturated rings. The number of thiazole rings is 1. The van der Waals surface area contributed by atoms with Gasteiger partial charge in [0, 0.05) is 17.3 Å². The highest BCUT2D eigenvalue weighted by atomic mass is 32.1. The van der Waals surface area contributed by atoms with Gasteiger partial charge in [0.25, 0.3) is 5.91 Å². The maximum absolute atomic E-state index is 11.6. The molecule has 1 aromatic carbocycles. The lowest BCUT2D eigenvalue weighted by Gasteiger charge is -2.01. The number of rotatable bonds is 2. The number of benzene rings is 1. The molecule has 78 valence electrons. The molecule has 0 saturated heterocycles. The predicted molar refractivity (Wildman–Crippen MR) is 61.2 cm³/mol. The molecule has 16 heavy (non-hydrogen) atoms. The summed E-state index contributed by atoms with van der Waals surface area (Å²) in [5.74, 6) is -0.236. The Morgan fingerprint density at radius 1 is 1.38 bits per heavy atom. The van der Waals surface area contributed by atoms with E-state index in [1.165, 1.54) is 11.3 Å². The van der Waals surface area contributed by atoms with Gasteiger partial charge in [-0.15, -0.1) is 11.3 Å². The zero-order valence-electron chi connectivity index (χ0n) is 8.18. The van der Waals surface area contributed by atoms with E-state index in [1.54, 1.807) is 35.8 Å². The van der Waals surface area contributed by atoms with Crippen molar-refractivity contribution in [1.82, 2.24) is 4.98 Å². The van der Waals surface area contributed by atoms with Gasteiger partial charge in [-0.3, -0.25) is 4.79 Å². The van der Waals surface area contributed by atoms with Crippen molar-refractivity contribution in [2.45, 2.75) is 0 Å². The number of carbonyl (C=O) groups excluding carboxylic acids is 1. The van der Waals surface area contributed by atoms with Crippen molar-refractivity contribution in [1.29, 1.82) is 5.26 Å². The maximum Gasteiger partial charge on any atom is 0.284 e. The summed E-state index contributed by atoms with van der Waals surface area (Å²) in [5.41, 5.74) is 1.21. The summed E-state index contributed by atoms with van der Waals surface area (Å²) in [6.07, 6.45) is 1.58. The second kappa shape index (κ2) is 4.55. The molecule has 4 nitrogen and oxygen atoms in total. The van der Waals surface area contributed by atoms with Crippen molar-refractivity contribution in [3.05, 3.63) is 46.4 Å². The van der Waals surface area contributed by atoms with Crippen LogP contribution in [0.5, 0.6) is 0 Å². The monoisotopic (exact) mass is 229 g/mol. The zero-order valence-corrected chi connectivity index (χ0v) is 8.99. The molecule has 0 aliphatic rings. The molecule has 0 aliphatic heterocycles. The fourth-order valence-electron chi connectivity index (χ4n) is 1.15. The molecule has 1 aromatic heterocycles. The molecule has 0 spiro atoms. The Balaban J connectivity index is 2.10. The van der Waals surface area contributed by atoms with Crippen LogP contribution in [-0.2, 0) is 0 Å². The summed E-state index contributed by atoms with van der Waals surface area (Å²) in [4.78, 5) is 15.5. The molecule has 0 bridgehead atoms. The smallest absolute Gasteiger partial charge is 0.284 e. The van der Waals surface area contributed by atoms with Gasteiger partial charge in [-0.25, -0.2) is 4.98 Å². The summed E-state index contributed by atoms with van der Waals surface area (Å²) in [5, 5.41) is 13.5. The van der Waals surface area contributed by atoms with Crippen LogP contribution in [-0.4, -0.2) is 10.9 Å². The van der Waals surface area contributed by atoms with Gasteiger partial charge in [0.2, 0.25) is 0 Å². The third-order valence-electron chi connectivity index (χ3n) is 1.90. The van der Waals surface area contributed by atoms with Crippen LogP contribution in [0.4, 0.5) is 5.69 Å². The molecule has 5 heteroatoms. The van der Waals surface area contributed by atoms with Gasteiger partial charge in [0.1, 0.15) is 0 Å². The van der Waals surface area contributed by atoms with Crippen molar-refractivity contribution in [2.24, 2.45) is 0 Å². The molecule has 1 heterocycles. The Labute approximate surface area is 96.2 Å². The Morgan fingerprint density at radius 2 is 2.12 bits per heavy atom.